The van der Waals surface area contributed by atoms with E-state index in [1.807, 2.05) is 12.2 Å². The molecule has 6 saturated carbocycles. The molecule has 0 aromatic carbocycles. The van der Waals surface area contributed by atoms with Crippen molar-refractivity contribution in [1.29, 1.82) is 0 Å². The minimum atomic E-state index is -0.675. The third kappa shape index (κ3) is 4.23. The normalized spacial score (nSPS) is 53.0. The first-order chi connectivity index (χ1) is 21.8. The molecule has 4 nitrogen and oxygen atoms in total. The number of carbonyl (C=O) groups excluding carboxylic acids is 2. The summed E-state index contributed by atoms with van der Waals surface area (Å²) in [6, 6.07) is 0. The zero-order valence-electron chi connectivity index (χ0n) is 29.2. The maximum absolute atomic E-state index is 12.3. The lowest BCUT2D eigenvalue weighted by Gasteiger charge is -2.59. The number of hydrogen-bond donors (Lipinski definition) is 2. The molecule has 46 heavy (non-hydrogen) atoms. The van der Waals surface area contributed by atoms with E-state index in [1.165, 1.54) is 36.8 Å². The van der Waals surface area contributed by atoms with Crippen LogP contribution in [0, 0.1) is 57.2 Å². The van der Waals surface area contributed by atoms with Crippen molar-refractivity contribution in [3.63, 3.8) is 0 Å². The third-order valence-corrected chi connectivity index (χ3v) is 17.6. The summed E-state index contributed by atoms with van der Waals surface area (Å²) in [7, 11) is 0. The fourth-order valence-electron chi connectivity index (χ4n) is 14.6. The number of aliphatic hydroxyl groups is 2. The van der Waals surface area contributed by atoms with Crippen LogP contribution in [0.4, 0.5) is 0 Å². The number of ketones is 2. The van der Waals surface area contributed by atoms with Crippen LogP contribution >= 0.6 is 0 Å². The average Bonchev–Trinajstić information content (AvgIpc) is 3.45. The van der Waals surface area contributed by atoms with E-state index in [1.54, 1.807) is 0 Å². The van der Waals surface area contributed by atoms with Crippen molar-refractivity contribution in [2.24, 2.45) is 57.2 Å². The average molecular weight is 629 g/mol. The van der Waals surface area contributed by atoms with Crippen molar-refractivity contribution in [2.45, 2.75) is 154 Å². The molecule has 0 saturated heterocycles. The Bertz CT molecular complexity index is 1300. The number of fused-ring (bicyclic) bond motifs is 10. The third-order valence-electron chi connectivity index (χ3n) is 17.6. The first-order valence-corrected chi connectivity index (χ1v) is 19.3. The van der Waals surface area contributed by atoms with Crippen LogP contribution in [0.2, 0.25) is 0 Å². The second kappa shape index (κ2) is 10.5. The molecule has 0 bridgehead atoms. The molecule has 252 valence electrons. The van der Waals surface area contributed by atoms with Gasteiger partial charge < -0.3 is 10.2 Å². The van der Waals surface area contributed by atoms with Gasteiger partial charge in [0.1, 0.15) is 0 Å². The molecular formula is C42H60O4. The second-order valence-corrected chi connectivity index (χ2v) is 18.9. The molecule has 8 rings (SSSR count). The summed E-state index contributed by atoms with van der Waals surface area (Å²) in [6.07, 6.45) is 26.3. The largest absolute Gasteiger partial charge is 0.389 e. The van der Waals surface area contributed by atoms with Gasteiger partial charge in [0.2, 0.25) is 0 Å². The van der Waals surface area contributed by atoms with Crippen molar-refractivity contribution < 1.29 is 19.8 Å². The highest BCUT2D eigenvalue weighted by Crippen LogP contribution is 2.70. The molecule has 0 aromatic rings. The van der Waals surface area contributed by atoms with Crippen molar-refractivity contribution in [1.82, 2.24) is 0 Å². The molecule has 8 aliphatic carbocycles. The molecular weight excluding hydrogens is 568 g/mol. The Labute approximate surface area is 277 Å². The van der Waals surface area contributed by atoms with Gasteiger partial charge in [-0.25, -0.2) is 0 Å². The van der Waals surface area contributed by atoms with Gasteiger partial charge in [0.05, 0.1) is 11.2 Å². The number of carbonyl (C=O) groups is 2. The SMILES string of the molecule is C[C@]12CCC(=O)C=C1CCC1C2CC[C@@]2(C)C1CC[C@@]2(O)C/C=C/C[C@]1(O)CCC2C3CCC4=CC(=O)CC[C@]4(C)C3CC[C@@]21C. The van der Waals surface area contributed by atoms with Gasteiger partial charge >= 0.3 is 0 Å². The highest BCUT2D eigenvalue weighted by atomic mass is 16.3. The molecule has 6 unspecified atom stereocenters. The predicted octanol–water partition coefficient (Wildman–Crippen LogP) is 8.85. The molecule has 0 aliphatic heterocycles. The highest BCUT2D eigenvalue weighted by molar-refractivity contribution is 5.92. The van der Waals surface area contributed by atoms with Gasteiger partial charge in [-0.3, -0.25) is 9.59 Å². The van der Waals surface area contributed by atoms with E-state index in [9.17, 15) is 19.8 Å². The van der Waals surface area contributed by atoms with Crippen LogP contribution in [0.1, 0.15) is 143 Å². The maximum atomic E-state index is 12.3. The van der Waals surface area contributed by atoms with E-state index < -0.39 is 11.2 Å². The Balaban J connectivity index is 0.942. The van der Waals surface area contributed by atoms with Gasteiger partial charge in [-0.15, -0.1) is 0 Å². The van der Waals surface area contributed by atoms with E-state index in [4.69, 9.17) is 0 Å². The van der Waals surface area contributed by atoms with E-state index in [2.05, 4.69) is 39.8 Å². The van der Waals surface area contributed by atoms with Crippen LogP contribution in [-0.4, -0.2) is 33.0 Å². The monoisotopic (exact) mass is 628 g/mol. The molecule has 0 amide bonds. The zero-order valence-corrected chi connectivity index (χ0v) is 29.2. The summed E-state index contributed by atoms with van der Waals surface area (Å²) >= 11 is 0. The second-order valence-electron chi connectivity index (χ2n) is 18.9. The summed E-state index contributed by atoms with van der Waals surface area (Å²) in [5, 5.41) is 24.7. The summed E-state index contributed by atoms with van der Waals surface area (Å²) in [5.41, 5.74) is 1.71. The predicted molar refractivity (Wildman–Crippen MR) is 182 cm³/mol. The van der Waals surface area contributed by atoms with Crippen LogP contribution < -0.4 is 0 Å². The molecule has 2 N–H and O–H groups in total. The summed E-state index contributed by atoms with van der Waals surface area (Å²) in [6.45, 7) is 9.69. The van der Waals surface area contributed by atoms with Crippen molar-refractivity contribution in [3.8, 4) is 0 Å². The first-order valence-electron chi connectivity index (χ1n) is 19.3. The summed E-state index contributed by atoms with van der Waals surface area (Å²) in [4.78, 5) is 24.5. The van der Waals surface area contributed by atoms with Gasteiger partial charge in [-0.2, -0.15) is 0 Å². The Morgan fingerprint density at radius 1 is 0.565 bits per heavy atom. The summed E-state index contributed by atoms with van der Waals surface area (Å²) < 4.78 is 0. The van der Waals surface area contributed by atoms with Gasteiger partial charge in [0, 0.05) is 12.8 Å². The van der Waals surface area contributed by atoms with Crippen LogP contribution in [0.3, 0.4) is 0 Å². The van der Waals surface area contributed by atoms with Gasteiger partial charge in [-0.05, 0) is 172 Å². The number of allylic oxidation sites excluding steroid dienone is 2. The van der Waals surface area contributed by atoms with E-state index in [-0.39, 0.29) is 21.7 Å². The van der Waals surface area contributed by atoms with Crippen LogP contribution in [0.25, 0.3) is 0 Å². The van der Waals surface area contributed by atoms with E-state index >= 15 is 0 Å². The minimum absolute atomic E-state index is 0.0611. The topological polar surface area (TPSA) is 74.6 Å². The van der Waals surface area contributed by atoms with Gasteiger partial charge in [0.25, 0.3) is 0 Å². The van der Waals surface area contributed by atoms with Gasteiger partial charge in [-0.1, -0.05) is 51.0 Å². The van der Waals surface area contributed by atoms with E-state index in [0.717, 1.165) is 64.2 Å². The van der Waals surface area contributed by atoms with Gasteiger partial charge in [0.15, 0.2) is 11.6 Å². The van der Waals surface area contributed by atoms with Crippen LogP contribution in [0.15, 0.2) is 35.5 Å². The Kier molecular flexibility index (Phi) is 7.24. The minimum Gasteiger partial charge on any atom is -0.389 e. The van der Waals surface area contributed by atoms with E-state index in [0.29, 0.717) is 72.8 Å². The lowest BCUT2D eigenvalue weighted by Crippen LogP contribution is -2.55. The zero-order chi connectivity index (χ0) is 32.3. The maximum Gasteiger partial charge on any atom is 0.155 e. The molecule has 0 radical (unpaired) electrons. The Morgan fingerprint density at radius 3 is 1.37 bits per heavy atom. The molecule has 8 aliphatic rings. The van der Waals surface area contributed by atoms with Crippen LogP contribution in [0.5, 0.6) is 0 Å². The van der Waals surface area contributed by atoms with Crippen molar-refractivity contribution in [2.75, 3.05) is 0 Å². The highest BCUT2D eigenvalue weighted by Gasteiger charge is 2.65. The Morgan fingerprint density at radius 2 is 0.957 bits per heavy atom. The van der Waals surface area contributed by atoms with Crippen molar-refractivity contribution >= 4 is 11.6 Å². The smallest absolute Gasteiger partial charge is 0.155 e. The molecule has 0 aromatic heterocycles. The van der Waals surface area contributed by atoms with Crippen LogP contribution in [-0.2, 0) is 9.59 Å². The standard InChI is InChI=1S/C42H60O4/c1-37-19-11-29(43)25-27(37)7-9-31-33(37)13-21-39(3)35(31)15-23-41(39,45)17-5-6-18-42(46)24-16-36-32-10-8-28-26-30(44)12-20-38(28,2)34(32)14-22-40(36,42)4/h5-6,25-26,31-36,45-46H,7-24H2,1-4H3/b6-5+/t31?,32?,33?,34?,35?,36?,37-,38-,39-,40-,41-,42-/m0/s1. The molecule has 6 fully saturated rings. The Hall–Kier alpha value is -1.52. The quantitative estimate of drug-likeness (QED) is 0.305. The summed E-state index contributed by atoms with van der Waals surface area (Å²) in [5.74, 6) is 4.37. The molecule has 0 spiro atoms. The number of hydrogen-bond acceptors (Lipinski definition) is 4. The first kappa shape index (κ1) is 31.7. The molecule has 12 atom stereocenters. The fourth-order valence-corrected chi connectivity index (χ4v) is 14.6. The van der Waals surface area contributed by atoms with Crippen molar-refractivity contribution in [3.05, 3.63) is 35.5 Å². The lowest BCUT2D eigenvalue weighted by molar-refractivity contribution is -0.130. The lowest BCUT2D eigenvalue weighted by atomic mass is 9.46. The molecule has 4 heteroatoms. The number of rotatable bonds is 4. The molecule has 0 heterocycles. The fraction of sp³-hybridized carbons (Fsp3) is 0.810.